The number of aliphatic carboxylic acids is 1. The predicted octanol–water partition coefficient (Wildman–Crippen LogP) is 3.95. The number of rotatable bonds is 5. The molecule has 6 heteroatoms. The second kappa shape index (κ2) is 6.05. The lowest BCUT2D eigenvalue weighted by Crippen LogP contribution is -2.51. The molecule has 0 aliphatic carbocycles. The monoisotopic (exact) mass is 303 g/mol. The molecule has 0 spiro atoms. The summed E-state index contributed by atoms with van der Waals surface area (Å²) in [5.74, 6) is -1.07. The Labute approximate surface area is 122 Å². The van der Waals surface area contributed by atoms with Crippen molar-refractivity contribution in [1.82, 2.24) is 4.90 Å². The third kappa shape index (κ3) is 3.56. The Hall–Kier alpha value is -1.56. The maximum atomic E-state index is 13.1. The number of benzene rings is 1. The van der Waals surface area contributed by atoms with Gasteiger partial charge in [0.05, 0.1) is 5.56 Å². The number of alkyl halides is 3. The molecule has 0 heterocycles. The number of hydrogen-bond donors (Lipinski definition) is 1. The zero-order chi connectivity index (χ0) is 16.4. The van der Waals surface area contributed by atoms with Gasteiger partial charge in [0.25, 0.3) is 0 Å². The Morgan fingerprint density at radius 2 is 1.81 bits per heavy atom. The summed E-state index contributed by atoms with van der Waals surface area (Å²) >= 11 is 0. The highest BCUT2D eigenvalue weighted by molar-refractivity contribution is 5.77. The fraction of sp³-hybridized carbons (Fsp3) is 0.533. The molecule has 0 radical (unpaired) electrons. The number of hydrogen-bond acceptors (Lipinski definition) is 2. The van der Waals surface area contributed by atoms with Crippen LogP contribution < -0.4 is 0 Å². The Morgan fingerprint density at radius 1 is 1.29 bits per heavy atom. The number of carboxylic acids is 1. The molecule has 118 valence electrons. The minimum absolute atomic E-state index is 0.0844. The first-order valence-electron chi connectivity index (χ1n) is 6.69. The van der Waals surface area contributed by atoms with Gasteiger partial charge in [-0.3, -0.25) is 9.69 Å². The summed E-state index contributed by atoms with van der Waals surface area (Å²) in [6.45, 7) is 6.64. The SMILES string of the molecule is CCN(C(C)c1ccccc1C(F)(F)F)C(C)(C)C(=O)O. The molecule has 0 saturated carbocycles. The molecule has 0 aliphatic rings. The summed E-state index contributed by atoms with van der Waals surface area (Å²) < 4.78 is 39.3. The predicted molar refractivity (Wildman–Crippen MR) is 74.0 cm³/mol. The van der Waals surface area contributed by atoms with Crippen LogP contribution in [0.2, 0.25) is 0 Å². The first kappa shape index (κ1) is 17.5. The maximum Gasteiger partial charge on any atom is 0.416 e. The van der Waals surface area contributed by atoms with Crippen molar-refractivity contribution in [2.75, 3.05) is 6.54 Å². The van der Waals surface area contributed by atoms with E-state index in [2.05, 4.69) is 0 Å². The molecule has 1 atom stereocenters. The van der Waals surface area contributed by atoms with E-state index in [-0.39, 0.29) is 5.56 Å². The van der Waals surface area contributed by atoms with E-state index < -0.39 is 29.3 Å². The summed E-state index contributed by atoms with van der Waals surface area (Å²) in [7, 11) is 0. The van der Waals surface area contributed by atoms with Crippen molar-refractivity contribution in [3.8, 4) is 0 Å². The van der Waals surface area contributed by atoms with Gasteiger partial charge in [-0.2, -0.15) is 13.2 Å². The van der Waals surface area contributed by atoms with Gasteiger partial charge in [0, 0.05) is 6.04 Å². The fourth-order valence-electron chi connectivity index (χ4n) is 2.56. The van der Waals surface area contributed by atoms with Crippen LogP contribution in [0.4, 0.5) is 13.2 Å². The Morgan fingerprint density at radius 3 is 2.24 bits per heavy atom. The van der Waals surface area contributed by atoms with Crippen LogP contribution in [-0.2, 0) is 11.0 Å². The minimum atomic E-state index is -4.46. The van der Waals surface area contributed by atoms with E-state index in [9.17, 15) is 23.1 Å². The van der Waals surface area contributed by atoms with Gasteiger partial charge in [0.15, 0.2) is 0 Å². The van der Waals surface area contributed by atoms with Crippen LogP contribution in [0.1, 0.15) is 44.9 Å². The fourth-order valence-corrected chi connectivity index (χ4v) is 2.56. The van der Waals surface area contributed by atoms with Crippen molar-refractivity contribution in [3.63, 3.8) is 0 Å². The average Bonchev–Trinajstić information content (AvgIpc) is 2.37. The number of halogens is 3. The van der Waals surface area contributed by atoms with Crippen LogP contribution in [0.3, 0.4) is 0 Å². The van der Waals surface area contributed by atoms with Crippen LogP contribution in [0, 0.1) is 0 Å². The lowest BCUT2D eigenvalue weighted by molar-refractivity contribution is -0.151. The van der Waals surface area contributed by atoms with E-state index in [0.717, 1.165) is 6.07 Å². The molecule has 1 aromatic rings. The number of carboxylic acid groups (broad SMARTS) is 1. The van der Waals surface area contributed by atoms with Gasteiger partial charge in [-0.15, -0.1) is 0 Å². The van der Waals surface area contributed by atoms with Crippen LogP contribution in [0.5, 0.6) is 0 Å². The molecule has 1 rings (SSSR count). The number of carbonyl (C=O) groups is 1. The van der Waals surface area contributed by atoms with E-state index in [4.69, 9.17) is 0 Å². The van der Waals surface area contributed by atoms with E-state index in [1.807, 2.05) is 0 Å². The summed E-state index contributed by atoms with van der Waals surface area (Å²) in [5.41, 5.74) is -1.90. The highest BCUT2D eigenvalue weighted by Gasteiger charge is 2.40. The lowest BCUT2D eigenvalue weighted by Gasteiger charge is -2.39. The molecular formula is C15H20F3NO2. The van der Waals surface area contributed by atoms with Crippen molar-refractivity contribution < 1.29 is 23.1 Å². The zero-order valence-electron chi connectivity index (χ0n) is 12.5. The first-order valence-corrected chi connectivity index (χ1v) is 6.69. The van der Waals surface area contributed by atoms with Gasteiger partial charge in [-0.1, -0.05) is 25.1 Å². The standard InChI is InChI=1S/C15H20F3NO2/c1-5-19(14(3,4)13(20)21)10(2)11-8-6-7-9-12(11)15(16,17)18/h6-10H,5H2,1-4H3,(H,20,21). The van der Waals surface area contributed by atoms with Crippen molar-refractivity contribution >= 4 is 5.97 Å². The van der Waals surface area contributed by atoms with Crippen molar-refractivity contribution in [2.24, 2.45) is 0 Å². The molecule has 0 fully saturated rings. The van der Waals surface area contributed by atoms with Crippen molar-refractivity contribution in [1.29, 1.82) is 0 Å². The Balaban J connectivity index is 3.30. The van der Waals surface area contributed by atoms with E-state index in [0.29, 0.717) is 6.54 Å². The van der Waals surface area contributed by atoms with Gasteiger partial charge < -0.3 is 5.11 Å². The molecule has 3 nitrogen and oxygen atoms in total. The second-order valence-electron chi connectivity index (χ2n) is 5.41. The van der Waals surface area contributed by atoms with Crippen LogP contribution in [0.15, 0.2) is 24.3 Å². The molecule has 21 heavy (non-hydrogen) atoms. The summed E-state index contributed by atoms with van der Waals surface area (Å²) in [4.78, 5) is 12.9. The van der Waals surface area contributed by atoms with Gasteiger partial charge in [0.2, 0.25) is 0 Å². The summed E-state index contributed by atoms with van der Waals surface area (Å²) in [6, 6.07) is 4.61. The van der Waals surface area contributed by atoms with E-state index in [1.54, 1.807) is 18.7 Å². The molecule has 0 aliphatic heterocycles. The third-order valence-corrected chi connectivity index (χ3v) is 3.77. The summed E-state index contributed by atoms with van der Waals surface area (Å²) in [5, 5.41) is 9.30. The topological polar surface area (TPSA) is 40.5 Å². The average molecular weight is 303 g/mol. The molecule has 1 aromatic carbocycles. The van der Waals surface area contributed by atoms with Gasteiger partial charge in [-0.25, -0.2) is 0 Å². The number of likely N-dealkylation sites (N-methyl/N-ethyl adjacent to an activating group) is 1. The Bertz CT molecular complexity index is 512. The number of nitrogens with zero attached hydrogens (tertiary/aromatic N) is 1. The highest BCUT2D eigenvalue weighted by Crippen LogP contribution is 2.37. The molecule has 1 unspecified atom stereocenters. The molecule has 0 bridgehead atoms. The maximum absolute atomic E-state index is 13.1. The van der Waals surface area contributed by atoms with Gasteiger partial charge >= 0.3 is 12.1 Å². The third-order valence-electron chi connectivity index (χ3n) is 3.77. The van der Waals surface area contributed by atoms with Crippen LogP contribution >= 0.6 is 0 Å². The van der Waals surface area contributed by atoms with Gasteiger partial charge in [0.1, 0.15) is 5.54 Å². The molecule has 0 aromatic heterocycles. The van der Waals surface area contributed by atoms with Crippen molar-refractivity contribution in [2.45, 2.75) is 45.5 Å². The van der Waals surface area contributed by atoms with E-state index >= 15 is 0 Å². The Kier molecular flexibility index (Phi) is 5.04. The van der Waals surface area contributed by atoms with Crippen LogP contribution in [-0.4, -0.2) is 28.1 Å². The van der Waals surface area contributed by atoms with Crippen LogP contribution in [0.25, 0.3) is 0 Å². The molecule has 1 N–H and O–H groups in total. The summed E-state index contributed by atoms with van der Waals surface area (Å²) in [6.07, 6.45) is -4.46. The quantitative estimate of drug-likeness (QED) is 0.895. The smallest absolute Gasteiger partial charge is 0.416 e. The molecule has 0 amide bonds. The highest BCUT2D eigenvalue weighted by atomic mass is 19.4. The minimum Gasteiger partial charge on any atom is -0.480 e. The molecule has 0 saturated heterocycles. The van der Waals surface area contributed by atoms with Gasteiger partial charge in [-0.05, 0) is 38.9 Å². The lowest BCUT2D eigenvalue weighted by atomic mass is 9.94. The first-order chi connectivity index (χ1) is 9.53. The molecular weight excluding hydrogens is 283 g/mol. The largest absolute Gasteiger partial charge is 0.480 e. The second-order valence-corrected chi connectivity index (χ2v) is 5.41. The van der Waals surface area contributed by atoms with Crippen molar-refractivity contribution in [3.05, 3.63) is 35.4 Å². The normalized spacial score (nSPS) is 14.3. The van der Waals surface area contributed by atoms with E-state index in [1.165, 1.54) is 32.0 Å². The zero-order valence-corrected chi connectivity index (χ0v) is 12.5.